The molecule has 0 saturated carbocycles. The van der Waals surface area contributed by atoms with Crippen molar-refractivity contribution in [2.45, 2.75) is 25.3 Å². The maximum atomic E-state index is 5.87. The fraction of sp³-hybridized carbons (Fsp3) is 0.375. The van der Waals surface area contributed by atoms with Crippen molar-refractivity contribution in [3.8, 4) is 5.75 Å². The number of halogens is 1. The number of hydrogen-bond acceptors (Lipinski definition) is 3. The highest BCUT2D eigenvalue weighted by Gasteiger charge is 2.02. The summed E-state index contributed by atoms with van der Waals surface area (Å²) in [6.07, 6.45) is 3.14. The summed E-state index contributed by atoms with van der Waals surface area (Å²) in [5.74, 6) is 1.72. The van der Waals surface area contributed by atoms with E-state index in [0.717, 1.165) is 37.4 Å². The topological polar surface area (TPSA) is 35.2 Å². The molecule has 0 unspecified atom stereocenters. The zero-order valence-corrected chi connectivity index (χ0v) is 13.2. The quantitative estimate of drug-likeness (QED) is 0.597. The summed E-state index contributed by atoms with van der Waals surface area (Å²) < 4.78 is 5.87. The lowest BCUT2D eigenvalue weighted by molar-refractivity contribution is 0.307. The van der Waals surface area contributed by atoms with Crippen molar-refractivity contribution in [3.05, 3.63) is 42.5 Å². The number of hydrogen-bond donors (Lipinski definition) is 2. The second-order valence-corrected chi connectivity index (χ2v) is 5.13. The van der Waals surface area contributed by atoms with Gasteiger partial charge in [0.25, 0.3) is 0 Å². The van der Waals surface area contributed by atoms with Crippen LogP contribution in [-0.2, 0) is 0 Å². The molecule has 0 spiro atoms. The molecule has 0 aliphatic rings. The highest BCUT2D eigenvalue weighted by Crippen LogP contribution is 2.25. The van der Waals surface area contributed by atoms with Gasteiger partial charge < -0.3 is 10.5 Å². The first-order valence-corrected chi connectivity index (χ1v) is 7.41. The van der Waals surface area contributed by atoms with Crippen molar-refractivity contribution < 1.29 is 4.74 Å². The predicted octanol–water partition coefficient (Wildman–Crippen LogP) is 4.07. The van der Waals surface area contributed by atoms with Gasteiger partial charge in [0.1, 0.15) is 5.75 Å². The molecular formula is C16H22ClNOS. The molecule has 4 heteroatoms. The van der Waals surface area contributed by atoms with Crippen LogP contribution in [0.25, 0.3) is 10.8 Å². The average Bonchev–Trinajstić information content (AvgIpc) is 2.46. The lowest BCUT2D eigenvalue weighted by atomic mass is 10.1. The largest absolute Gasteiger partial charge is 0.493 e. The number of rotatable bonds is 7. The molecular weight excluding hydrogens is 290 g/mol. The smallest absolute Gasteiger partial charge is 0.127 e. The summed E-state index contributed by atoms with van der Waals surface area (Å²) in [6, 6.07) is 14.7. The van der Waals surface area contributed by atoms with Crippen LogP contribution in [0.15, 0.2) is 42.5 Å². The van der Waals surface area contributed by atoms with Crippen molar-refractivity contribution in [3.63, 3.8) is 0 Å². The molecule has 0 amide bonds. The Hall–Kier alpha value is -0.900. The van der Waals surface area contributed by atoms with Crippen LogP contribution >= 0.6 is 25.0 Å². The van der Waals surface area contributed by atoms with E-state index in [1.807, 2.05) is 24.3 Å². The van der Waals surface area contributed by atoms with Gasteiger partial charge in [-0.1, -0.05) is 36.4 Å². The van der Waals surface area contributed by atoms with Crippen LogP contribution in [0.5, 0.6) is 5.75 Å². The minimum absolute atomic E-state index is 0. The number of thiol groups is 1. The first kappa shape index (κ1) is 17.2. The molecule has 20 heavy (non-hydrogen) atoms. The summed E-state index contributed by atoms with van der Waals surface area (Å²) in [4.78, 5) is 0. The van der Waals surface area contributed by atoms with E-state index in [2.05, 4.69) is 30.8 Å². The van der Waals surface area contributed by atoms with E-state index in [1.165, 1.54) is 10.8 Å². The van der Waals surface area contributed by atoms with E-state index in [9.17, 15) is 0 Å². The number of nitrogens with two attached hydrogens (primary N) is 1. The zero-order valence-electron chi connectivity index (χ0n) is 11.5. The minimum atomic E-state index is 0. The first-order valence-electron chi connectivity index (χ1n) is 6.78. The summed E-state index contributed by atoms with van der Waals surface area (Å²) in [5.41, 5.74) is 5.82. The molecule has 0 bridgehead atoms. The highest BCUT2D eigenvalue weighted by atomic mass is 35.5. The Kier molecular flexibility index (Phi) is 7.82. The molecule has 0 aliphatic carbocycles. The van der Waals surface area contributed by atoms with Crippen LogP contribution in [0.1, 0.15) is 19.3 Å². The normalized spacial score (nSPS) is 11.9. The van der Waals surface area contributed by atoms with E-state index >= 15 is 0 Å². The number of benzene rings is 2. The number of fused-ring (bicyclic) bond motifs is 1. The maximum absolute atomic E-state index is 5.87. The van der Waals surface area contributed by atoms with Crippen LogP contribution in [0.3, 0.4) is 0 Å². The standard InChI is InChI=1S/C16H21NOS.ClH/c17-14(12-19)8-3-4-11-18-16-10-5-7-13-6-1-2-9-15(13)16;/h1-2,5-7,9-10,14,19H,3-4,8,11-12,17H2;1H/t14-;/m0./s1. The maximum Gasteiger partial charge on any atom is 0.127 e. The summed E-state index contributed by atoms with van der Waals surface area (Å²) >= 11 is 4.18. The molecule has 0 fully saturated rings. The fourth-order valence-corrected chi connectivity index (χ4v) is 2.29. The second-order valence-electron chi connectivity index (χ2n) is 4.76. The van der Waals surface area contributed by atoms with Gasteiger partial charge in [-0.25, -0.2) is 0 Å². The summed E-state index contributed by atoms with van der Waals surface area (Å²) in [7, 11) is 0. The van der Waals surface area contributed by atoms with E-state index in [4.69, 9.17) is 10.5 Å². The van der Waals surface area contributed by atoms with Gasteiger partial charge in [-0.05, 0) is 30.7 Å². The Morgan fingerprint density at radius 2 is 1.80 bits per heavy atom. The number of ether oxygens (including phenoxy) is 1. The molecule has 2 nitrogen and oxygen atoms in total. The summed E-state index contributed by atoms with van der Waals surface area (Å²) in [6.45, 7) is 0.743. The van der Waals surface area contributed by atoms with E-state index in [-0.39, 0.29) is 18.4 Å². The molecule has 110 valence electrons. The lowest BCUT2D eigenvalue weighted by Crippen LogP contribution is -2.21. The molecule has 0 radical (unpaired) electrons. The highest BCUT2D eigenvalue weighted by molar-refractivity contribution is 7.80. The third-order valence-electron chi connectivity index (χ3n) is 3.21. The molecule has 1 atom stereocenters. The van der Waals surface area contributed by atoms with E-state index < -0.39 is 0 Å². The SMILES string of the molecule is Cl.N[C@H](CS)CCCCOc1cccc2ccccc12. The van der Waals surface area contributed by atoms with Crippen LogP contribution in [0.2, 0.25) is 0 Å². The van der Waals surface area contributed by atoms with Gasteiger partial charge >= 0.3 is 0 Å². The Bertz CT molecular complexity index is 515. The van der Waals surface area contributed by atoms with Gasteiger partial charge in [0.15, 0.2) is 0 Å². The molecule has 2 aromatic carbocycles. The van der Waals surface area contributed by atoms with Gasteiger partial charge in [-0.3, -0.25) is 0 Å². The monoisotopic (exact) mass is 311 g/mol. The third kappa shape index (κ3) is 4.89. The fourth-order valence-electron chi connectivity index (χ4n) is 2.10. The van der Waals surface area contributed by atoms with Crippen molar-refractivity contribution in [1.29, 1.82) is 0 Å². The molecule has 2 aromatic rings. The van der Waals surface area contributed by atoms with Crippen LogP contribution in [0.4, 0.5) is 0 Å². The number of unbranched alkanes of at least 4 members (excludes halogenated alkanes) is 1. The van der Waals surface area contributed by atoms with Crippen molar-refractivity contribution in [2.75, 3.05) is 12.4 Å². The molecule has 0 aromatic heterocycles. The van der Waals surface area contributed by atoms with Crippen molar-refractivity contribution in [1.82, 2.24) is 0 Å². The van der Waals surface area contributed by atoms with Crippen molar-refractivity contribution in [2.24, 2.45) is 5.73 Å². The molecule has 0 heterocycles. The minimum Gasteiger partial charge on any atom is -0.493 e. The Morgan fingerprint density at radius 1 is 1.05 bits per heavy atom. The lowest BCUT2D eigenvalue weighted by Gasteiger charge is -2.10. The molecule has 2 rings (SSSR count). The van der Waals surface area contributed by atoms with E-state index in [1.54, 1.807) is 0 Å². The van der Waals surface area contributed by atoms with Crippen LogP contribution in [-0.4, -0.2) is 18.4 Å². The Labute approximate surface area is 132 Å². The van der Waals surface area contributed by atoms with Gasteiger partial charge in [-0.2, -0.15) is 12.6 Å². The zero-order chi connectivity index (χ0) is 13.5. The molecule has 0 aliphatic heterocycles. The molecule has 2 N–H and O–H groups in total. The van der Waals surface area contributed by atoms with Crippen LogP contribution in [0, 0.1) is 0 Å². The average molecular weight is 312 g/mol. The Morgan fingerprint density at radius 3 is 2.60 bits per heavy atom. The van der Waals surface area contributed by atoms with Gasteiger partial charge in [-0.15, -0.1) is 12.4 Å². The third-order valence-corrected chi connectivity index (χ3v) is 3.68. The summed E-state index contributed by atoms with van der Waals surface area (Å²) in [5, 5.41) is 2.40. The van der Waals surface area contributed by atoms with Gasteiger partial charge in [0.2, 0.25) is 0 Å². The van der Waals surface area contributed by atoms with Crippen LogP contribution < -0.4 is 10.5 Å². The van der Waals surface area contributed by atoms with Crippen molar-refractivity contribution >= 4 is 35.8 Å². The van der Waals surface area contributed by atoms with Gasteiger partial charge in [0.05, 0.1) is 6.61 Å². The second kappa shape index (κ2) is 9.11. The Balaban J connectivity index is 0.00000200. The first-order chi connectivity index (χ1) is 9.31. The molecule has 0 saturated heterocycles. The predicted molar refractivity (Wildman–Crippen MR) is 92.4 cm³/mol. The van der Waals surface area contributed by atoms with Gasteiger partial charge in [0, 0.05) is 17.2 Å². The van der Waals surface area contributed by atoms with E-state index in [0.29, 0.717) is 0 Å².